The Labute approximate surface area is 150 Å². The first-order chi connectivity index (χ1) is 11.0. The van der Waals surface area contributed by atoms with Crippen LogP contribution in [-0.4, -0.2) is 69.8 Å². The van der Waals surface area contributed by atoms with Gasteiger partial charge in [-0.3, -0.25) is 4.99 Å². The molecular weight excluding hydrogens is 326 g/mol. The van der Waals surface area contributed by atoms with Crippen LogP contribution in [0.25, 0.3) is 0 Å². The van der Waals surface area contributed by atoms with Crippen LogP contribution in [0.4, 0.5) is 0 Å². The Kier molecular flexibility index (Phi) is 7.42. The molecular formula is C17H33N3OS2. The summed E-state index contributed by atoms with van der Waals surface area (Å²) in [5.41, 5.74) is -0.594. The van der Waals surface area contributed by atoms with Gasteiger partial charge in [0.05, 0.1) is 12.1 Å². The molecule has 4 nitrogen and oxygen atoms in total. The van der Waals surface area contributed by atoms with Gasteiger partial charge in [-0.15, -0.1) is 0 Å². The van der Waals surface area contributed by atoms with Gasteiger partial charge in [-0.25, -0.2) is 0 Å². The van der Waals surface area contributed by atoms with Gasteiger partial charge in [0.15, 0.2) is 5.96 Å². The minimum Gasteiger partial charge on any atom is -0.387 e. The Morgan fingerprint density at radius 1 is 1.48 bits per heavy atom. The van der Waals surface area contributed by atoms with Gasteiger partial charge in [-0.05, 0) is 31.4 Å². The zero-order chi connectivity index (χ0) is 16.9. The monoisotopic (exact) mass is 359 g/mol. The van der Waals surface area contributed by atoms with E-state index in [-0.39, 0.29) is 0 Å². The summed E-state index contributed by atoms with van der Waals surface area (Å²) < 4.78 is 0. The molecule has 0 aromatic heterocycles. The summed E-state index contributed by atoms with van der Waals surface area (Å²) in [7, 11) is 0. The number of hydrogen-bond acceptors (Lipinski definition) is 4. The molecule has 0 amide bonds. The molecule has 3 unspecified atom stereocenters. The van der Waals surface area contributed by atoms with Gasteiger partial charge in [0, 0.05) is 35.9 Å². The van der Waals surface area contributed by atoms with Crippen molar-refractivity contribution in [3.63, 3.8) is 0 Å². The van der Waals surface area contributed by atoms with Crippen molar-refractivity contribution < 1.29 is 5.11 Å². The molecule has 1 heterocycles. The summed E-state index contributed by atoms with van der Waals surface area (Å²) in [6.07, 6.45) is 2.01. The molecule has 1 aliphatic heterocycles. The maximum atomic E-state index is 10.8. The van der Waals surface area contributed by atoms with Crippen molar-refractivity contribution in [2.45, 2.75) is 56.6 Å². The molecule has 0 radical (unpaired) electrons. The molecule has 6 heteroatoms. The fourth-order valence-electron chi connectivity index (χ4n) is 3.12. The summed E-state index contributed by atoms with van der Waals surface area (Å²) in [5, 5.41) is 15.2. The Bertz CT molecular complexity index is 405. The molecule has 0 aromatic rings. The predicted molar refractivity (Wildman–Crippen MR) is 105 cm³/mol. The fourth-order valence-corrected chi connectivity index (χ4v) is 5.61. The van der Waals surface area contributed by atoms with Gasteiger partial charge in [0.1, 0.15) is 0 Å². The Morgan fingerprint density at radius 3 is 2.83 bits per heavy atom. The lowest BCUT2D eigenvalue weighted by Crippen LogP contribution is -2.54. The van der Waals surface area contributed by atoms with E-state index < -0.39 is 5.60 Å². The van der Waals surface area contributed by atoms with Crippen LogP contribution in [0.1, 0.15) is 40.5 Å². The summed E-state index contributed by atoms with van der Waals surface area (Å²) in [6, 6.07) is 0. The Hall–Kier alpha value is -0.0700. The van der Waals surface area contributed by atoms with Crippen molar-refractivity contribution in [1.82, 2.24) is 10.2 Å². The van der Waals surface area contributed by atoms with Crippen LogP contribution in [0, 0.1) is 5.92 Å². The van der Waals surface area contributed by atoms with Crippen molar-refractivity contribution in [3.8, 4) is 0 Å². The summed E-state index contributed by atoms with van der Waals surface area (Å²) in [5.74, 6) is 3.90. The van der Waals surface area contributed by atoms with E-state index >= 15 is 0 Å². The van der Waals surface area contributed by atoms with Crippen LogP contribution in [0.5, 0.6) is 0 Å². The Morgan fingerprint density at radius 2 is 2.26 bits per heavy atom. The highest BCUT2D eigenvalue weighted by Crippen LogP contribution is 2.41. The van der Waals surface area contributed by atoms with Gasteiger partial charge < -0.3 is 15.3 Å². The summed E-state index contributed by atoms with van der Waals surface area (Å²) in [4.78, 5) is 7.20. The zero-order valence-electron chi connectivity index (χ0n) is 15.0. The predicted octanol–water partition coefficient (Wildman–Crippen LogP) is 2.67. The molecule has 0 spiro atoms. The Balaban J connectivity index is 1.99. The van der Waals surface area contributed by atoms with Crippen LogP contribution in [0.2, 0.25) is 0 Å². The van der Waals surface area contributed by atoms with Gasteiger partial charge in [-0.1, -0.05) is 20.8 Å². The molecule has 2 fully saturated rings. The first-order valence-electron chi connectivity index (χ1n) is 8.99. The molecule has 2 rings (SSSR count). The van der Waals surface area contributed by atoms with E-state index in [1.807, 2.05) is 11.8 Å². The van der Waals surface area contributed by atoms with Gasteiger partial charge in [-0.2, -0.15) is 23.5 Å². The average Bonchev–Trinajstić information content (AvgIpc) is 2.55. The maximum absolute atomic E-state index is 10.8. The van der Waals surface area contributed by atoms with Crippen molar-refractivity contribution in [2.75, 3.05) is 37.7 Å². The third-order valence-corrected chi connectivity index (χ3v) is 7.73. The first kappa shape index (κ1) is 19.3. The minimum atomic E-state index is -0.594. The number of aliphatic imine (C=N–C) groups is 1. The normalized spacial score (nSPS) is 32.1. The SMILES string of the molecule is CCNC(=NCC1(O)CCC1SCC)N1CCSC(C(C)C)C1. The van der Waals surface area contributed by atoms with Gasteiger partial charge >= 0.3 is 0 Å². The fraction of sp³-hybridized carbons (Fsp3) is 0.941. The second-order valence-electron chi connectivity index (χ2n) is 6.86. The lowest BCUT2D eigenvalue weighted by molar-refractivity contribution is -0.0156. The summed E-state index contributed by atoms with van der Waals surface area (Å²) in [6.45, 7) is 12.4. The number of nitrogens with zero attached hydrogens (tertiary/aromatic N) is 2. The van der Waals surface area contributed by atoms with E-state index in [9.17, 15) is 5.11 Å². The van der Waals surface area contributed by atoms with Crippen LogP contribution < -0.4 is 5.32 Å². The smallest absolute Gasteiger partial charge is 0.194 e. The van der Waals surface area contributed by atoms with Crippen LogP contribution in [-0.2, 0) is 0 Å². The second kappa shape index (κ2) is 8.86. The van der Waals surface area contributed by atoms with E-state index in [0.29, 0.717) is 23.0 Å². The molecule has 1 aliphatic carbocycles. The van der Waals surface area contributed by atoms with Crippen LogP contribution in [0.15, 0.2) is 4.99 Å². The number of hydrogen-bond donors (Lipinski definition) is 2. The van der Waals surface area contributed by atoms with Gasteiger partial charge in [0.2, 0.25) is 0 Å². The lowest BCUT2D eigenvalue weighted by Gasteiger charge is -2.44. The number of guanidine groups is 1. The van der Waals surface area contributed by atoms with Crippen LogP contribution >= 0.6 is 23.5 Å². The molecule has 23 heavy (non-hydrogen) atoms. The largest absolute Gasteiger partial charge is 0.387 e. The van der Waals surface area contributed by atoms with Crippen molar-refractivity contribution >= 4 is 29.5 Å². The maximum Gasteiger partial charge on any atom is 0.194 e. The number of aliphatic hydroxyl groups is 1. The topological polar surface area (TPSA) is 47.9 Å². The van der Waals surface area contributed by atoms with E-state index in [4.69, 9.17) is 4.99 Å². The highest BCUT2D eigenvalue weighted by atomic mass is 32.2. The number of nitrogens with one attached hydrogen (secondary N) is 1. The van der Waals surface area contributed by atoms with E-state index in [1.165, 1.54) is 0 Å². The average molecular weight is 360 g/mol. The molecule has 3 atom stereocenters. The molecule has 0 aromatic carbocycles. The van der Waals surface area contributed by atoms with Crippen LogP contribution in [0.3, 0.4) is 0 Å². The molecule has 1 saturated heterocycles. The van der Waals surface area contributed by atoms with Gasteiger partial charge in [0.25, 0.3) is 0 Å². The third kappa shape index (κ3) is 4.95. The molecule has 134 valence electrons. The zero-order valence-corrected chi connectivity index (χ0v) is 16.7. The van der Waals surface area contributed by atoms with Crippen molar-refractivity contribution in [3.05, 3.63) is 0 Å². The number of thioether (sulfide) groups is 2. The first-order valence-corrected chi connectivity index (χ1v) is 11.1. The number of rotatable bonds is 6. The highest BCUT2D eigenvalue weighted by Gasteiger charge is 2.45. The lowest BCUT2D eigenvalue weighted by atomic mass is 9.79. The highest BCUT2D eigenvalue weighted by molar-refractivity contribution is 8.00. The van der Waals surface area contributed by atoms with Crippen molar-refractivity contribution in [2.24, 2.45) is 10.9 Å². The standard InChI is InChI=1S/C17H33N3OS2/c1-5-18-16(20-9-10-23-14(11-20)13(3)4)19-12-17(21)8-7-15(17)22-6-2/h13-15,21H,5-12H2,1-4H3,(H,18,19). The van der Waals surface area contributed by atoms with Crippen molar-refractivity contribution in [1.29, 1.82) is 0 Å². The minimum absolute atomic E-state index is 0.361. The summed E-state index contributed by atoms with van der Waals surface area (Å²) >= 11 is 3.95. The third-order valence-electron chi connectivity index (χ3n) is 4.78. The molecule has 2 N–H and O–H groups in total. The second-order valence-corrected chi connectivity index (χ2v) is 9.68. The molecule has 2 aliphatic rings. The molecule has 0 bridgehead atoms. The van der Waals surface area contributed by atoms with E-state index in [1.54, 1.807) is 0 Å². The van der Waals surface area contributed by atoms with E-state index in [2.05, 4.69) is 49.7 Å². The quantitative estimate of drug-likeness (QED) is 0.564. The molecule has 1 saturated carbocycles. The van der Waals surface area contributed by atoms with E-state index in [0.717, 1.165) is 49.9 Å².